The van der Waals surface area contributed by atoms with Gasteiger partial charge in [0.1, 0.15) is 0 Å². The summed E-state index contributed by atoms with van der Waals surface area (Å²) in [7, 11) is 0. The van der Waals surface area contributed by atoms with Gasteiger partial charge in [-0.15, -0.1) is 0 Å². The maximum Gasteiger partial charge on any atom is 0.311 e. The van der Waals surface area contributed by atoms with Gasteiger partial charge in [-0.05, 0) is 25.7 Å². The number of carbonyl (C=O) groups excluding carboxylic acids is 1. The highest BCUT2D eigenvalue weighted by Crippen LogP contribution is 2.46. The molecular weight excluding hydrogens is 184 g/mol. The van der Waals surface area contributed by atoms with Crippen LogP contribution >= 0.6 is 0 Å². The van der Waals surface area contributed by atoms with Gasteiger partial charge in [0.25, 0.3) is 0 Å². The lowest BCUT2D eigenvalue weighted by Gasteiger charge is -2.36. The Morgan fingerprint density at radius 3 is 3.00 bits per heavy atom. The van der Waals surface area contributed by atoms with Crippen LogP contribution in [0.25, 0.3) is 0 Å². The maximum atomic E-state index is 11.3. The number of aliphatic hydroxyl groups is 2. The van der Waals surface area contributed by atoms with Gasteiger partial charge in [0, 0.05) is 5.92 Å². The van der Waals surface area contributed by atoms with Crippen LogP contribution in [-0.2, 0) is 9.53 Å². The zero-order valence-corrected chi connectivity index (χ0v) is 8.27. The normalized spacial score (nSPS) is 47.4. The topological polar surface area (TPSA) is 66.8 Å². The number of fused-ring (bicyclic) bond motifs is 1. The Morgan fingerprint density at radius 1 is 1.64 bits per heavy atom. The first-order valence-corrected chi connectivity index (χ1v) is 5.06. The first kappa shape index (κ1) is 9.93. The van der Waals surface area contributed by atoms with Gasteiger partial charge in [0.15, 0.2) is 0 Å². The maximum absolute atomic E-state index is 11.3. The molecule has 0 unspecified atom stereocenters. The molecule has 1 aliphatic heterocycles. The Kier molecular flexibility index (Phi) is 2.27. The number of esters is 1. The van der Waals surface area contributed by atoms with Gasteiger partial charge < -0.3 is 14.9 Å². The molecule has 0 aromatic carbocycles. The fraction of sp³-hybridized carbons (Fsp3) is 0.900. The van der Waals surface area contributed by atoms with Crippen LogP contribution in [0.5, 0.6) is 0 Å². The van der Waals surface area contributed by atoms with Gasteiger partial charge in [-0.1, -0.05) is 0 Å². The van der Waals surface area contributed by atoms with E-state index in [0.717, 1.165) is 6.42 Å². The van der Waals surface area contributed by atoms with Gasteiger partial charge in [-0.3, -0.25) is 4.79 Å². The van der Waals surface area contributed by atoms with E-state index >= 15 is 0 Å². The SMILES string of the molecule is C[C@]1(O)CC[C@@H]2[C@@H](CO)C(=O)OC[C@@H]21. The Balaban J connectivity index is 2.20. The Labute approximate surface area is 82.9 Å². The lowest BCUT2D eigenvalue weighted by Crippen LogP contribution is -2.45. The van der Waals surface area contributed by atoms with Crippen LogP contribution in [0.1, 0.15) is 19.8 Å². The molecule has 1 saturated carbocycles. The summed E-state index contributed by atoms with van der Waals surface area (Å²) >= 11 is 0. The minimum absolute atomic E-state index is 0.00245. The molecule has 4 heteroatoms. The molecule has 0 radical (unpaired) electrons. The van der Waals surface area contributed by atoms with Gasteiger partial charge in [0.2, 0.25) is 0 Å². The number of hydrogen-bond acceptors (Lipinski definition) is 4. The third-order valence-corrected chi connectivity index (χ3v) is 3.72. The van der Waals surface area contributed by atoms with Crippen molar-refractivity contribution in [3.05, 3.63) is 0 Å². The first-order valence-electron chi connectivity index (χ1n) is 5.06. The molecule has 2 fully saturated rings. The van der Waals surface area contributed by atoms with Crippen molar-refractivity contribution < 1.29 is 19.7 Å². The summed E-state index contributed by atoms with van der Waals surface area (Å²) in [6, 6.07) is 0. The zero-order valence-electron chi connectivity index (χ0n) is 8.27. The largest absolute Gasteiger partial charge is 0.465 e. The van der Waals surface area contributed by atoms with Crippen molar-refractivity contribution in [2.75, 3.05) is 13.2 Å². The van der Waals surface area contributed by atoms with Crippen molar-refractivity contribution in [3.8, 4) is 0 Å². The molecule has 1 saturated heterocycles. The van der Waals surface area contributed by atoms with E-state index in [4.69, 9.17) is 9.84 Å². The van der Waals surface area contributed by atoms with Crippen molar-refractivity contribution in [2.24, 2.45) is 17.8 Å². The predicted molar refractivity (Wildman–Crippen MR) is 48.4 cm³/mol. The number of ether oxygens (including phenoxy) is 1. The van der Waals surface area contributed by atoms with Gasteiger partial charge in [-0.2, -0.15) is 0 Å². The van der Waals surface area contributed by atoms with Crippen molar-refractivity contribution in [1.29, 1.82) is 0 Å². The molecule has 4 nitrogen and oxygen atoms in total. The minimum Gasteiger partial charge on any atom is -0.465 e. The summed E-state index contributed by atoms with van der Waals surface area (Å²) < 4.78 is 4.97. The van der Waals surface area contributed by atoms with Crippen LogP contribution in [0.15, 0.2) is 0 Å². The van der Waals surface area contributed by atoms with Crippen LogP contribution in [-0.4, -0.2) is 35.0 Å². The second kappa shape index (κ2) is 3.21. The zero-order chi connectivity index (χ0) is 10.3. The molecule has 2 rings (SSSR count). The summed E-state index contributed by atoms with van der Waals surface area (Å²) in [5, 5.41) is 19.1. The second-order valence-corrected chi connectivity index (χ2v) is 4.59. The molecule has 2 aliphatic rings. The quantitative estimate of drug-likeness (QED) is 0.581. The molecule has 2 N–H and O–H groups in total. The van der Waals surface area contributed by atoms with E-state index in [1.807, 2.05) is 0 Å². The molecule has 1 aliphatic carbocycles. The van der Waals surface area contributed by atoms with Crippen LogP contribution in [0.4, 0.5) is 0 Å². The van der Waals surface area contributed by atoms with E-state index < -0.39 is 11.5 Å². The highest BCUT2D eigenvalue weighted by molar-refractivity contribution is 5.74. The number of cyclic esters (lactones) is 1. The van der Waals surface area contributed by atoms with Gasteiger partial charge in [-0.25, -0.2) is 0 Å². The van der Waals surface area contributed by atoms with Crippen LogP contribution in [0, 0.1) is 17.8 Å². The molecule has 0 amide bonds. The smallest absolute Gasteiger partial charge is 0.311 e. The van der Waals surface area contributed by atoms with E-state index in [1.165, 1.54) is 0 Å². The molecule has 0 spiro atoms. The van der Waals surface area contributed by atoms with Crippen molar-refractivity contribution in [2.45, 2.75) is 25.4 Å². The lowest BCUT2D eigenvalue weighted by molar-refractivity contribution is -0.168. The summed E-state index contributed by atoms with van der Waals surface area (Å²) in [4.78, 5) is 11.3. The average Bonchev–Trinajstić information content (AvgIpc) is 2.42. The van der Waals surface area contributed by atoms with Crippen LogP contribution < -0.4 is 0 Å². The fourth-order valence-corrected chi connectivity index (χ4v) is 2.76. The molecule has 4 atom stereocenters. The van der Waals surface area contributed by atoms with Crippen LogP contribution in [0.2, 0.25) is 0 Å². The first-order chi connectivity index (χ1) is 6.56. The number of carbonyl (C=O) groups is 1. The second-order valence-electron chi connectivity index (χ2n) is 4.59. The van der Waals surface area contributed by atoms with E-state index in [2.05, 4.69) is 0 Å². The highest BCUT2D eigenvalue weighted by Gasteiger charge is 2.52. The molecule has 14 heavy (non-hydrogen) atoms. The average molecular weight is 200 g/mol. The monoisotopic (exact) mass is 200 g/mol. The van der Waals surface area contributed by atoms with Crippen molar-refractivity contribution >= 4 is 5.97 Å². The minimum atomic E-state index is -0.737. The van der Waals surface area contributed by atoms with E-state index in [9.17, 15) is 9.90 Å². The predicted octanol–water partition coefficient (Wildman–Crippen LogP) is -0.0711. The van der Waals surface area contributed by atoms with E-state index in [-0.39, 0.29) is 24.4 Å². The summed E-state index contributed by atoms with van der Waals surface area (Å²) in [5.74, 6) is -0.650. The molecule has 0 aromatic heterocycles. The number of rotatable bonds is 1. The third-order valence-electron chi connectivity index (χ3n) is 3.72. The van der Waals surface area contributed by atoms with Gasteiger partial charge >= 0.3 is 5.97 Å². The standard InChI is InChI=1S/C10H16O4/c1-10(13)3-2-6-7(4-11)9(12)14-5-8(6)10/h6-8,11,13H,2-5H2,1H3/t6-,7-,8+,10+/m1/s1. The fourth-order valence-electron chi connectivity index (χ4n) is 2.76. The third kappa shape index (κ3) is 1.33. The lowest BCUT2D eigenvalue weighted by atomic mass is 9.79. The highest BCUT2D eigenvalue weighted by atomic mass is 16.5. The molecule has 0 aromatic rings. The summed E-state index contributed by atoms with van der Waals surface area (Å²) in [6.07, 6.45) is 1.49. The Hall–Kier alpha value is -0.610. The Morgan fingerprint density at radius 2 is 2.36 bits per heavy atom. The molecule has 1 heterocycles. The van der Waals surface area contributed by atoms with E-state index in [1.54, 1.807) is 6.92 Å². The van der Waals surface area contributed by atoms with E-state index in [0.29, 0.717) is 13.0 Å². The summed E-state index contributed by atoms with van der Waals surface area (Å²) in [6.45, 7) is 1.91. The number of hydrogen-bond donors (Lipinski definition) is 2. The van der Waals surface area contributed by atoms with Gasteiger partial charge in [0.05, 0.1) is 24.7 Å². The molecular formula is C10H16O4. The Bertz CT molecular complexity index is 249. The number of aliphatic hydroxyl groups excluding tert-OH is 1. The van der Waals surface area contributed by atoms with Crippen molar-refractivity contribution in [3.63, 3.8) is 0 Å². The summed E-state index contributed by atoms with van der Waals surface area (Å²) in [5.41, 5.74) is -0.737. The van der Waals surface area contributed by atoms with Crippen molar-refractivity contribution in [1.82, 2.24) is 0 Å². The molecule has 80 valence electrons. The molecule has 0 bridgehead atoms. The van der Waals surface area contributed by atoms with Crippen LogP contribution in [0.3, 0.4) is 0 Å².